The predicted octanol–water partition coefficient (Wildman–Crippen LogP) is 4.04. The van der Waals surface area contributed by atoms with Crippen LogP contribution in [0.3, 0.4) is 0 Å². The molecular formula is C18H24Cl2N2O. The van der Waals surface area contributed by atoms with Crippen LogP contribution in [0.1, 0.15) is 28.6 Å². The second-order valence-electron chi connectivity index (χ2n) is 5.68. The molecule has 126 valence electrons. The number of pyridine rings is 1. The molecule has 2 heterocycles. The fourth-order valence-electron chi connectivity index (χ4n) is 3.19. The molecule has 1 atom stereocenters. The fourth-order valence-corrected chi connectivity index (χ4v) is 3.19. The maximum absolute atomic E-state index is 5.91. The Morgan fingerprint density at radius 1 is 1.17 bits per heavy atom. The number of aromatic nitrogens is 1. The van der Waals surface area contributed by atoms with E-state index >= 15 is 0 Å². The largest absolute Gasteiger partial charge is 0.372 e. The maximum atomic E-state index is 5.91. The molecule has 0 saturated heterocycles. The Morgan fingerprint density at radius 3 is 2.52 bits per heavy atom. The summed E-state index contributed by atoms with van der Waals surface area (Å²) in [6.45, 7) is 5.75. The van der Waals surface area contributed by atoms with Gasteiger partial charge in [-0.2, -0.15) is 0 Å². The summed E-state index contributed by atoms with van der Waals surface area (Å²) in [6.07, 6.45) is 1.13. The van der Waals surface area contributed by atoms with Crippen LogP contribution in [-0.4, -0.2) is 25.2 Å². The molecule has 1 aliphatic rings. The summed E-state index contributed by atoms with van der Waals surface area (Å²) in [5.41, 5.74) is 7.48. The van der Waals surface area contributed by atoms with E-state index in [0.29, 0.717) is 0 Å². The summed E-state index contributed by atoms with van der Waals surface area (Å²) < 4.78 is 5.91. The zero-order chi connectivity index (χ0) is 14.8. The van der Waals surface area contributed by atoms with Crippen LogP contribution < -0.4 is 5.32 Å². The van der Waals surface area contributed by atoms with Crippen molar-refractivity contribution in [1.29, 1.82) is 0 Å². The minimum absolute atomic E-state index is 0. The summed E-state index contributed by atoms with van der Waals surface area (Å²) >= 11 is 0. The van der Waals surface area contributed by atoms with Crippen LogP contribution in [0, 0.1) is 13.8 Å². The minimum atomic E-state index is 0. The van der Waals surface area contributed by atoms with Gasteiger partial charge in [0.2, 0.25) is 0 Å². The first-order valence-electron chi connectivity index (χ1n) is 7.52. The molecule has 0 spiro atoms. The first kappa shape index (κ1) is 19.9. The molecule has 5 heteroatoms. The Balaban J connectivity index is 0.00000132. The van der Waals surface area contributed by atoms with E-state index in [1.54, 1.807) is 0 Å². The number of aryl methyl sites for hydroxylation is 2. The number of nitrogens with one attached hydrogen (secondary N) is 1. The maximum Gasteiger partial charge on any atom is 0.0952 e. The van der Waals surface area contributed by atoms with E-state index in [1.807, 2.05) is 7.05 Å². The molecule has 0 unspecified atom stereocenters. The van der Waals surface area contributed by atoms with E-state index in [4.69, 9.17) is 4.74 Å². The number of halogens is 2. The molecule has 1 N–H and O–H groups in total. The van der Waals surface area contributed by atoms with Crippen LogP contribution in [0.2, 0.25) is 0 Å². The average Bonchev–Trinajstić information content (AvgIpc) is 2.46. The third-order valence-corrected chi connectivity index (χ3v) is 4.01. The highest BCUT2D eigenvalue weighted by molar-refractivity contribution is 5.85. The van der Waals surface area contributed by atoms with Crippen LogP contribution in [0.25, 0.3) is 11.1 Å². The van der Waals surface area contributed by atoms with E-state index in [9.17, 15) is 0 Å². The number of rotatable bonds is 3. The molecule has 0 fully saturated rings. The van der Waals surface area contributed by atoms with Gasteiger partial charge in [-0.25, -0.2) is 0 Å². The Morgan fingerprint density at radius 2 is 1.87 bits per heavy atom. The van der Waals surface area contributed by atoms with Gasteiger partial charge in [-0.05, 0) is 61.7 Å². The highest BCUT2D eigenvalue weighted by Gasteiger charge is 2.22. The Hall–Kier alpha value is -1.13. The average molecular weight is 355 g/mol. The van der Waals surface area contributed by atoms with E-state index in [0.717, 1.165) is 31.0 Å². The number of nitrogens with zero attached hydrogens (tertiary/aromatic N) is 1. The SMILES string of the molecule is CNC[C@H]1OCCc2c(-c3cc(C)nc(C)c3)cccc21.Cl.Cl. The van der Waals surface area contributed by atoms with Crippen molar-refractivity contribution < 1.29 is 4.74 Å². The van der Waals surface area contributed by atoms with Gasteiger partial charge in [0.25, 0.3) is 0 Å². The molecule has 3 rings (SSSR count). The Kier molecular flexibility index (Phi) is 7.49. The summed E-state index contributed by atoms with van der Waals surface area (Å²) in [7, 11) is 1.97. The summed E-state index contributed by atoms with van der Waals surface area (Å²) in [4.78, 5) is 4.48. The molecule has 0 aliphatic carbocycles. The zero-order valence-corrected chi connectivity index (χ0v) is 15.4. The van der Waals surface area contributed by atoms with Gasteiger partial charge < -0.3 is 10.1 Å². The van der Waals surface area contributed by atoms with Crippen molar-refractivity contribution in [3.63, 3.8) is 0 Å². The van der Waals surface area contributed by atoms with Gasteiger partial charge in [0, 0.05) is 17.9 Å². The highest BCUT2D eigenvalue weighted by atomic mass is 35.5. The number of hydrogen-bond donors (Lipinski definition) is 1. The molecule has 0 bridgehead atoms. The third-order valence-electron chi connectivity index (χ3n) is 4.01. The Labute approximate surface area is 150 Å². The highest BCUT2D eigenvalue weighted by Crippen LogP contribution is 2.34. The molecule has 0 radical (unpaired) electrons. The van der Waals surface area contributed by atoms with Crippen molar-refractivity contribution in [2.24, 2.45) is 0 Å². The number of ether oxygens (including phenoxy) is 1. The lowest BCUT2D eigenvalue weighted by molar-refractivity contribution is 0.0440. The second kappa shape index (κ2) is 8.65. The van der Waals surface area contributed by atoms with Crippen LogP contribution in [0.5, 0.6) is 0 Å². The van der Waals surface area contributed by atoms with Crippen molar-refractivity contribution in [2.75, 3.05) is 20.2 Å². The molecule has 1 aromatic heterocycles. The van der Waals surface area contributed by atoms with E-state index in [2.05, 4.69) is 54.5 Å². The standard InChI is InChI=1S/C18H22N2O.2ClH/c1-12-9-14(10-13(2)20-12)15-5-4-6-17-16(15)7-8-21-18(17)11-19-3;;/h4-6,9-10,18-19H,7-8,11H2,1-3H3;2*1H/t18-;;/m1../s1. The van der Waals surface area contributed by atoms with Crippen LogP contribution in [-0.2, 0) is 11.2 Å². The molecular weight excluding hydrogens is 331 g/mol. The number of hydrogen-bond acceptors (Lipinski definition) is 3. The summed E-state index contributed by atoms with van der Waals surface area (Å²) in [6, 6.07) is 10.9. The number of benzene rings is 1. The normalized spacial score (nSPS) is 16.0. The zero-order valence-electron chi connectivity index (χ0n) is 13.8. The van der Waals surface area contributed by atoms with Gasteiger partial charge in [-0.15, -0.1) is 24.8 Å². The van der Waals surface area contributed by atoms with Crippen molar-refractivity contribution in [3.05, 3.63) is 52.8 Å². The van der Waals surface area contributed by atoms with E-state index < -0.39 is 0 Å². The second-order valence-corrected chi connectivity index (χ2v) is 5.68. The van der Waals surface area contributed by atoms with E-state index in [-0.39, 0.29) is 30.9 Å². The predicted molar refractivity (Wildman–Crippen MR) is 100.0 cm³/mol. The van der Waals surface area contributed by atoms with Crippen LogP contribution in [0.15, 0.2) is 30.3 Å². The quantitative estimate of drug-likeness (QED) is 0.902. The molecule has 1 aliphatic heterocycles. The first-order valence-corrected chi connectivity index (χ1v) is 7.52. The van der Waals surface area contributed by atoms with Crippen molar-refractivity contribution in [3.8, 4) is 11.1 Å². The smallest absolute Gasteiger partial charge is 0.0952 e. The molecule has 1 aromatic carbocycles. The van der Waals surface area contributed by atoms with Gasteiger partial charge in [-0.3, -0.25) is 4.98 Å². The first-order chi connectivity index (χ1) is 10.2. The van der Waals surface area contributed by atoms with Gasteiger partial charge >= 0.3 is 0 Å². The van der Waals surface area contributed by atoms with Crippen molar-refractivity contribution in [1.82, 2.24) is 10.3 Å². The molecule has 2 aromatic rings. The monoisotopic (exact) mass is 354 g/mol. The van der Waals surface area contributed by atoms with Gasteiger partial charge in [0.05, 0.1) is 12.7 Å². The lowest BCUT2D eigenvalue weighted by Crippen LogP contribution is -2.25. The van der Waals surface area contributed by atoms with Gasteiger partial charge in [0.15, 0.2) is 0 Å². The van der Waals surface area contributed by atoms with Gasteiger partial charge in [-0.1, -0.05) is 18.2 Å². The number of fused-ring (bicyclic) bond motifs is 1. The fraction of sp³-hybridized carbons (Fsp3) is 0.389. The molecule has 0 saturated carbocycles. The lowest BCUT2D eigenvalue weighted by atomic mass is 9.89. The molecule has 0 amide bonds. The van der Waals surface area contributed by atoms with E-state index in [1.165, 1.54) is 22.3 Å². The molecule has 3 nitrogen and oxygen atoms in total. The Bertz CT molecular complexity index is 641. The summed E-state index contributed by atoms with van der Waals surface area (Å²) in [5.74, 6) is 0. The van der Waals surface area contributed by atoms with Crippen LogP contribution in [0.4, 0.5) is 0 Å². The third kappa shape index (κ3) is 4.24. The van der Waals surface area contributed by atoms with Crippen molar-refractivity contribution >= 4 is 24.8 Å². The van der Waals surface area contributed by atoms with Gasteiger partial charge in [0.1, 0.15) is 0 Å². The minimum Gasteiger partial charge on any atom is -0.372 e. The number of likely N-dealkylation sites (N-methyl/N-ethyl adjacent to an activating group) is 1. The summed E-state index contributed by atoms with van der Waals surface area (Å²) in [5, 5.41) is 3.22. The topological polar surface area (TPSA) is 34.1 Å². The molecule has 23 heavy (non-hydrogen) atoms. The lowest BCUT2D eigenvalue weighted by Gasteiger charge is -2.28. The van der Waals surface area contributed by atoms with Crippen molar-refractivity contribution in [2.45, 2.75) is 26.4 Å². The van der Waals surface area contributed by atoms with Crippen LogP contribution >= 0.6 is 24.8 Å².